The fraction of sp³-hybridized carbons (Fsp3) is 0.111. The molecule has 14 heavy (non-hydrogen) atoms. The van der Waals surface area contributed by atoms with Gasteiger partial charge >= 0.3 is 0 Å². The van der Waals surface area contributed by atoms with Crippen molar-refractivity contribution >= 4 is 27.7 Å². The van der Waals surface area contributed by atoms with Gasteiger partial charge in [0.05, 0.1) is 11.9 Å². The topological polar surface area (TPSA) is 38.9 Å². The van der Waals surface area contributed by atoms with Crippen LogP contribution in [-0.2, 0) is 5.75 Å². The predicted octanol–water partition coefficient (Wildman–Crippen LogP) is 3.12. The van der Waals surface area contributed by atoms with Crippen LogP contribution in [0.5, 0.6) is 0 Å². The first-order chi connectivity index (χ1) is 6.84. The van der Waals surface area contributed by atoms with E-state index in [1.165, 1.54) is 11.8 Å². The molecular formula is C9H7BrN2OS. The van der Waals surface area contributed by atoms with E-state index in [1.54, 1.807) is 18.7 Å². The Labute approximate surface area is 94.1 Å². The summed E-state index contributed by atoms with van der Waals surface area (Å²) in [5, 5.41) is 0.676. The molecule has 0 atom stereocenters. The summed E-state index contributed by atoms with van der Waals surface area (Å²) in [6.07, 6.45) is 4.99. The average molecular weight is 271 g/mol. The first-order valence-electron chi connectivity index (χ1n) is 3.97. The quantitative estimate of drug-likeness (QED) is 0.804. The van der Waals surface area contributed by atoms with E-state index in [2.05, 4.69) is 25.9 Å². The third-order valence-corrected chi connectivity index (χ3v) is 2.90. The summed E-state index contributed by atoms with van der Waals surface area (Å²) in [5.74, 6) is 0.772. The van der Waals surface area contributed by atoms with E-state index in [-0.39, 0.29) is 0 Å². The van der Waals surface area contributed by atoms with Gasteiger partial charge in [-0.1, -0.05) is 11.8 Å². The zero-order valence-electron chi connectivity index (χ0n) is 7.18. The van der Waals surface area contributed by atoms with Gasteiger partial charge in [-0.15, -0.1) is 0 Å². The lowest BCUT2D eigenvalue weighted by Gasteiger charge is -1.97. The van der Waals surface area contributed by atoms with E-state index < -0.39 is 0 Å². The fourth-order valence-electron chi connectivity index (χ4n) is 0.909. The molecule has 0 radical (unpaired) electrons. The highest BCUT2D eigenvalue weighted by molar-refractivity contribution is 9.10. The van der Waals surface area contributed by atoms with Crippen LogP contribution in [0, 0.1) is 0 Å². The Bertz CT molecular complexity index is 388. The second-order valence-electron chi connectivity index (χ2n) is 2.55. The molecule has 2 aromatic heterocycles. The maximum Gasteiger partial charge on any atom is 0.255 e. The highest BCUT2D eigenvalue weighted by Crippen LogP contribution is 2.20. The van der Waals surface area contributed by atoms with Crippen molar-refractivity contribution in [3.8, 4) is 0 Å². The predicted molar refractivity (Wildman–Crippen MR) is 58.0 cm³/mol. The third-order valence-electron chi connectivity index (χ3n) is 1.54. The molecule has 0 aliphatic carbocycles. The Kier molecular flexibility index (Phi) is 3.21. The molecule has 0 fully saturated rings. The minimum atomic E-state index is 0.676. The lowest BCUT2D eigenvalue weighted by molar-refractivity contribution is 0.454. The van der Waals surface area contributed by atoms with Gasteiger partial charge in [0.25, 0.3) is 5.22 Å². The van der Waals surface area contributed by atoms with Crippen molar-refractivity contribution in [2.75, 3.05) is 0 Å². The number of aromatic nitrogens is 2. The summed E-state index contributed by atoms with van der Waals surface area (Å²) < 4.78 is 6.08. The summed E-state index contributed by atoms with van der Waals surface area (Å²) in [7, 11) is 0. The van der Waals surface area contributed by atoms with Crippen LogP contribution in [0.1, 0.15) is 5.69 Å². The molecular weight excluding hydrogens is 264 g/mol. The van der Waals surface area contributed by atoms with Crippen molar-refractivity contribution in [2.24, 2.45) is 0 Å². The second kappa shape index (κ2) is 4.61. The number of nitrogens with zero attached hydrogens (tertiary/aromatic N) is 2. The Balaban J connectivity index is 1.95. The van der Waals surface area contributed by atoms with Crippen LogP contribution in [0.15, 0.2) is 44.9 Å². The number of thioether (sulfide) groups is 1. The molecule has 0 aliphatic rings. The maximum atomic E-state index is 5.09. The lowest BCUT2D eigenvalue weighted by atomic mass is 10.4. The standard InChI is InChI=1S/C9H7BrN2OS/c10-7-1-2-8(12-5-7)6-14-9-11-3-4-13-9/h1-5H,6H2. The molecule has 0 amide bonds. The van der Waals surface area contributed by atoms with Crippen LogP contribution >= 0.6 is 27.7 Å². The van der Waals surface area contributed by atoms with Gasteiger partial charge in [0.2, 0.25) is 0 Å². The smallest absolute Gasteiger partial charge is 0.255 e. The number of hydrogen-bond donors (Lipinski definition) is 0. The van der Waals surface area contributed by atoms with E-state index >= 15 is 0 Å². The molecule has 2 heterocycles. The van der Waals surface area contributed by atoms with Crippen molar-refractivity contribution in [1.29, 1.82) is 0 Å². The summed E-state index contributed by atoms with van der Waals surface area (Å²) in [6.45, 7) is 0. The number of pyridine rings is 1. The van der Waals surface area contributed by atoms with Crippen molar-refractivity contribution in [1.82, 2.24) is 9.97 Å². The molecule has 3 nitrogen and oxygen atoms in total. The van der Waals surface area contributed by atoms with Gasteiger partial charge in [-0.2, -0.15) is 0 Å². The first-order valence-corrected chi connectivity index (χ1v) is 5.75. The summed E-state index contributed by atoms with van der Waals surface area (Å²) >= 11 is 4.87. The molecule has 0 bridgehead atoms. The SMILES string of the molecule is Brc1ccc(CSc2ncco2)nc1. The maximum absolute atomic E-state index is 5.09. The molecule has 72 valence electrons. The van der Waals surface area contributed by atoms with Crippen LogP contribution in [0.2, 0.25) is 0 Å². The molecule has 0 spiro atoms. The van der Waals surface area contributed by atoms with Gasteiger partial charge in [0.15, 0.2) is 0 Å². The van der Waals surface area contributed by atoms with Crippen molar-refractivity contribution in [3.05, 3.63) is 41.0 Å². The van der Waals surface area contributed by atoms with Gasteiger partial charge in [0.1, 0.15) is 6.26 Å². The number of oxazole rings is 1. The molecule has 0 saturated heterocycles. The van der Waals surface area contributed by atoms with Gasteiger partial charge in [-0.25, -0.2) is 4.98 Å². The molecule has 0 aliphatic heterocycles. The number of rotatable bonds is 3. The fourth-order valence-corrected chi connectivity index (χ4v) is 1.84. The lowest BCUT2D eigenvalue weighted by Crippen LogP contribution is -1.85. The molecule has 2 aromatic rings. The largest absolute Gasteiger partial charge is 0.440 e. The summed E-state index contributed by atoms with van der Waals surface area (Å²) in [5.41, 5.74) is 1.01. The van der Waals surface area contributed by atoms with Crippen LogP contribution in [0.3, 0.4) is 0 Å². The first kappa shape index (κ1) is 9.73. The van der Waals surface area contributed by atoms with E-state index in [4.69, 9.17) is 4.42 Å². The van der Waals surface area contributed by atoms with Crippen LogP contribution in [0.25, 0.3) is 0 Å². The van der Waals surface area contributed by atoms with Gasteiger partial charge in [-0.05, 0) is 28.1 Å². The Hall–Kier alpha value is -0.810. The van der Waals surface area contributed by atoms with E-state index in [1.807, 2.05) is 12.1 Å². The van der Waals surface area contributed by atoms with Gasteiger partial charge in [-0.3, -0.25) is 4.98 Å². The third kappa shape index (κ3) is 2.59. The molecule has 0 N–H and O–H groups in total. The van der Waals surface area contributed by atoms with Crippen molar-refractivity contribution in [3.63, 3.8) is 0 Å². The number of hydrogen-bond acceptors (Lipinski definition) is 4. The zero-order chi connectivity index (χ0) is 9.80. The van der Waals surface area contributed by atoms with E-state index in [0.717, 1.165) is 15.9 Å². The van der Waals surface area contributed by atoms with Gasteiger partial charge in [0, 0.05) is 16.4 Å². The van der Waals surface area contributed by atoms with Crippen LogP contribution in [0.4, 0.5) is 0 Å². The molecule has 2 rings (SSSR count). The minimum Gasteiger partial charge on any atom is -0.440 e. The average Bonchev–Trinajstić information content (AvgIpc) is 2.70. The monoisotopic (exact) mass is 270 g/mol. The highest BCUT2D eigenvalue weighted by Gasteiger charge is 2.00. The molecule has 0 aromatic carbocycles. The van der Waals surface area contributed by atoms with E-state index in [0.29, 0.717) is 5.22 Å². The van der Waals surface area contributed by atoms with E-state index in [9.17, 15) is 0 Å². The molecule has 0 saturated carbocycles. The summed E-state index contributed by atoms with van der Waals surface area (Å²) in [4.78, 5) is 8.25. The highest BCUT2D eigenvalue weighted by atomic mass is 79.9. The summed E-state index contributed by atoms with van der Waals surface area (Å²) in [6, 6.07) is 3.94. The Morgan fingerprint density at radius 2 is 2.29 bits per heavy atom. The van der Waals surface area contributed by atoms with Crippen LogP contribution < -0.4 is 0 Å². The van der Waals surface area contributed by atoms with Crippen molar-refractivity contribution < 1.29 is 4.42 Å². The molecule has 5 heteroatoms. The normalized spacial score (nSPS) is 10.4. The van der Waals surface area contributed by atoms with Crippen molar-refractivity contribution in [2.45, 2.75) is 11.0 Å². The molecule has 0 unspecified atom stereocenters. The zero-order valence-corrected chi connectivity index (χ0v) is 9.59. The van der Waals surface area contributed by atoms with Gasteiger partial charge < -0.3 is 4.42 Å². The van der Waals surface area contributed by atoms with Crippen LogP contribution in [-0.4, -0.2) is 9.97 Å². The second-order valence-corrected chi connectivity index (χ2v) is 4.40. The Morgan fingerprint density at radius 1 is 1.36 bits per heavy atom. The number of halogens is 1. The minimum absolute atomic E-state index is 0.676. The Morgan fingerprint density at radius 3 is 2.93 bits per heavy atom.